The van der Waals surface area contributed by atoms with Gasteiger partial charge in [-0.3, -0.25) is 0 Å². The molecule has 1 aliphatic rings. The van der Waals surface area contributed by atoms with Gasteiger partial charge in [0, 0.05) is 6.42 Å². The molecule has 0 unspecified atom stereocenters. The Morgan fingerprint density at radius 3 is 2.79 bits per heavy atom. The molecule has 0 bridgehead atoms. The van der Waals surface area contributed by atoms with Crippen LogP contribution in [0.4, 0.5) is 0 Å². The third-order valence-corrected chi connectivity index (χ3v) is 2.22. The molecule has 0 radical (unpaired) electrons. The molecule has 0 amide bonds. The fourth-order valence-electron chi connectivity index (χ4n) is 1.48. The SMILES string of the molecule is O=C=C1Cc2ccc(O)cc2C=C1O. The molecule has 0 aliphatic heterocycles. The molecule has 0 spiro atoms. The summed E-state index contributed by atoms with van der Waals surface area (Å²) in [6.45, 7) is 0. The normalized spacial score (nSPS) is 14.3. The second-order valence-electron chi connectivity index (χ2n) is 3.17. The first-order valence-corrected chi connectivity index (χ1v) is 4.17. The fraction of sp³-hybridized carbons (Fsp3) is 0.0909. The first-order valence-electron chi connectivity index (χ1n) is 4.17. The van der Waals surface area contributed by atoms with Crippen molar-refractivity contribution in [3.63, 3.8) is 0 Å². The van der Waals surface area contributed by atoms with Crippen LogP contribution in [-0.2, 0) is 11.2 Å². The lowest BCUT2D eigenvalue weighted by Crippen LogP contribution is -2.03. The third kappa shape index (κ3) is 1.30. The van der Waals surface area contributed by atoms with Crippen molar-refractivity contribution < 1.29 is 15.0 Å². The maximum atomic E-state index is 10.4. The summed E-state index contributed by atoms with van der Waals surface area (Å²) in [7, 11) is 0. The van der Waals surface area contributed by atoms with Gasteiger partial charge in [-0.25, -0.2) is 4.79 Å². The Kier molecular flexibility index (Phi) is 1.88. The van der Waals surface area contributed by atoms with Crippen LogP contribution in [0.5, 0.6) is 5.75 Å². The third-order valence-electron chi connectivity index (χ3n) is 2.22. The highest BCUT2D eigenvalue weighted by molar-refractivity contribution is 5.73. The van der Waals surface area contributed by atoms with Gasteiger partial charge in [0.15, 0.2) is 0 Å². The van der Waals surface area contributed by atoms with Crippen molar-refractivity contribution >= 4 is 12.0 Å². The summed E-state index contributed by atoms with van der Waals surface area (Å²) in [5.41, 5.74) is 1.89. The standard InChI is InChI=1S/C11H8O3/c12-6-9-3-7-1-2-10(13)4-8(7)5-11(9)14/h1-2,4-5,13-14H,3H2. The molecule has 2 rings (SSSR count). The quantitative estimate of drug-likeness (QED) is 0.608. The minimum Gasteiger partial charge on any atom is -0.508 e. The Bertz CT molecular complexity index is 465. The number of hydrogen-bond acceptors (Lipinski definition) is 3. The molecular formula is C11H8O3. The van der Waals surface area contributed by atoms with Crippen molar-refractivity contribution in [1.82, 2.24) is 0 Å². The molecule has 0 aromatic heterocycles. The smallest absolute Gasteiger partial charge is 0.132 e. The number of hydrogen-bond donors (Lipinski definition) is 2. The fourth-order valence-corrected chi connectivity index (χ4v) is 1.48. The van der Waals surface area contributed by atoms with Gasteiger partial charge < -0.3 is 10.2 Å². The highest BCUT2D eigenvalue weighted by Gasteiger charge is 2.15. The van der Waals surface area contributed by atoms with Gasteiger partial charge in [0.1, 0.15) is 17.5 Å². The average Bonchev–Trinajstić information content (AvgIpc) is 2.16. The minimum absolute atomic E-state index is 0.0712. The zero-order chi connectivity index (χ0) is 10.1. The number of rotatable bonds is 0. The van der Waals surface area contributed by atoms with Crippen LogP contribution in [0.1, 0.15) is 11.1 Å². The van der Waals surface area contributed by atoms with E-state index < -0.39 is 0 Å². The second-order valence-corrected chi connectivity index (χ2v) is 3.17. The molecular weight excluding hydrogens is 180 g/mol. The van der Waals surface area contributed by atoms with Crippen LogP contribution >= 0.6 is 0 Å². The van der Waals surface area contributed by atoms with Gasteiger partial charge in [-0.1, -0.05) is 6.07 Å². The molecule has 2 N–H and O–H groups in total. The Morgan fingerprint density at radius 1 is 1.29 bits per heavy atom. The molecule has 3 nitrogen and oxygen atoms in total. The lowest BCUT2D eigenvalue weighted by atomic mass is 9.93. The lowest BCUT2D eigenvalue weighted by molar-refractivity contribution is 0.424. The summed E-state index contributed by atoms with van der Waals surface area (Å²) in [4.78, 5) is 10.4. The maximum Gasteiger partial charge on any atom is 0.132 e. The molecule has 1 aliphatic carbocycles. The molecule has 3 heteroatoms. The number of phenolic OH excluding ortho intramolecular Hbond substituents is 1. The Balaban J connectivity index is 2.59. The lowest BCUT2D eigenvalue weighted by Gasteiger charge is -2.13. The summed E-state index contributed by atoms with van der Waals surface area (Å²) >= 11 is 0. The van der Waals surface area contributed by atoms with E-state index in [2.05, 4.69) is 0 Å². The van der Waals surface area contributed by atoms with Crippen molar-refractivity contribution in [3.8, 4) is 5.75 Å². The zero-order valence-electron chi connectivity index (χ0n) is 7.32. The van der Waals surface area contributed by atoms with Gasteiger partial charge in [0.2, 0.25) is 0 Å². The van der Waals surface area contributed by atoms with Gasteiger partial charge in [0.05, 0.1) is 5.57 Å². The van der Waals surface area contributed by atoms with Crippen LogP contribution < -0.4 is 0 Å². The molecule has 0 heterocycles. The van der Waals surface area contributed by atoms with E-state index in [1.807, 2.05) is 0 Å². The topological polar surface area (TPSA) is 57.5 Å². The number of fused-ring (bicyclic) bond motifs is 1. The number of aliphatic hydroxyl groups is 1. The largest absolute Gasteiger partial charge is 0.508 e. The second kappa shape index (κ2) is 3.05. The molecule has 0 fully saturated rings. The first kappa shape index (κ1) is 8.60. The molecule has 1 aromatic rings. The number of aromatic hydroxyl groups is 1. The highest BCUT2D eigenvalue weighted by Crippen LogP contribution is 2.27. The van der Waals surface area contributed by atoms with E-state index in [9.17, 15) is 15.0 Å². The van der Waals surface area contributed by atoms with E-state index in [-0.39, 0.29) is 17.1 Å². The van der Waals surface area contributed by atoms with E-state index in [0.717, 1.165) is 11.1 Å². The van der Waals surface area contributed by atoms with Crippen LogP contribution in [0.2, 0.25) is 0 Å². The number of allylic oxidation sites excluding steroid dienone is 1. The zero-order valence-corrected chi connectivity index (χ0v) is 7.32. The summed E-state index contributed by atoms with van der Waals surface area (Å²) in [6, 6.07) is 4.83. The van der Waals surface area contributed by atoms with Crippen LogP contribution in [0.3, 0.4) is 0 Å². The van der Waals surface area contributed by atoms with Crippen molar-refractivity contribution in [3.05, 3.63) is 40.7 Å². The molecule has 1 aromatic carbocycles. The van der Waals surface area contributed by atoms with E-state index in [1.165, 1.54) is 6.08 Å². The van der Waals surface area contributed by atoms with Gasteiger partial charge in [0.25, 0.3) is 0 Å². The van der Waals surface area contributed by atoms with Gasteiger partial charge >= 0.3 is 0 Å². The van der Waals surface area contributed by atoms with E-state index in [1.54, 1.807) is 24.1 Å². The van der Waals surface area contributed by atoms with Crippen LogP contribution in [0.15, 0.2) is 29.5 Å². The molecule has 70 valence electrons. The van der Waals surface area contributed by atoms with Crippen LogP contribution in [0, 0.1) is 0 Å². The molecule has 14 heavy (non-hydrogen) atoms. The predicted octanol–water partition coefficient (Wildman–Crippen LogP) is 1.61. The number of benzene rings is 1. The number of aliphatic hydroxyl groups excluding tert-OH is 1. The molecule has 0 atom stereocenters. The summed E-state index contributed by atoms with van der Waals surface area (Å²) < 4.78 is 0. The first-order chi connectivity index (χ1) is 6.70. The predicted molar refractivity (Wildman–Crippen MR) is 51.6 cm³/mol. The average molecular weight is 188 g/mol. The summed E-state index contributed by atoms with van der Waals surface area (Å²) in [6.07, 6.45) is 1.82. The van der Waals surface area contributed by atoms with Crippen molar-refractivity contribution in [2.24, 2.45) is 0 Å². The van der Waals surface area contributed by atoms with E-state index >= 15 is 0 Å². The molecule has 0 saturated heterocycles. The summed E-state index contributed by atoms with van der Waals surface area (Å²) in [5.74, 6) is 1.77. The number of carbonyl (C=O) groups excluding carboxylic acids is 1. The maximum absolute atomic E-state index is 10.4. The van der Waals surface area contributed by atoms with Gasteiger partial charge in [-0.2, -0.15) is 0 Å². The Hall–Kier alpha value is -1.99. The van der Waals surface area contributed by atoms with Crippen molar-refractivity contribution in [2.45, 2.75) is 6.42 Å². The van der Waals surface area contributed by atoms with Crippen molar-refractivity contribution in [2.75, 3.05) is 0 Å². The monoisotopic (exact) mass is 188 g/mol. The van der Waals surface area contributed by atoms with Crippen LogP contribution in [0.25, 0.3) is 6.08 Å². The Morgan fingerprint density at radius 2 is 2.07 bits per heavy atom. The molecule has 0 saturated carbocycles. The van der Waals surface area contributed by atoms with Gasteiger partial charge in [-0.15, -0.1) is 0 Å². The Labute approximate surface area is 80.6 Å². The minimum atomic E-state index is -0.0712. The van der Waals surface area contributed by atoms with E-state index in [4.69, 9.17) is 0 Å². The van der Waals surface area contributed by atoms with Gasteiger partial charge in [-0.05, 0) is 29.3 Å². The summed E-state index contributed by atoms with van der Waals surface area (Å²) in [5, 5.41) is 18.6. The van der Waals surface area contributed by atoms with Crippen molar-refractivity contribution in [1.29, 1.82) is 0 Å². The van der Waals surface area contributed by atoms with E-state index in [0.29, 0.717) is 6.42 Å². The number of phenols is 1. The van der Waals surface area contributed by atoms with Crippen LogP contribution in [-0.4, -0.2) is 16.2 Å². The highest BCUT2D eigenvalue weighted by atomic mass is 16.3.